The number of nitrogens with one attached hydrogen (secondary N) is 1. The molecule has 4 rings (SSSR count). The number of carbonyl (C=O) groups is 2. The summed E-state index contributed by atoms with van der Waals surface area (Å²) in [7, 11) is 0. The highest BCUT2D eigenvalue weighted by atomic mass is 16.5. The molecule has 0 aromatic carbocycles. The monoisotopic (exact) mass is 307 g/mol. The molecule has 0 heterocycles. The van der Waals surface area contributed by atoms with Crippen LogP contribution in [0.15, 0.2) is 12.7 Å². The smallest absolute Gasteiger partial charge is 0.312 e. The van der Waals surface area contributed by atoms with Crippen LogP contribution in [0.4, 0.5) is 0 Å². The molecule has 4 saturated carbocycles. The molecule has 4 aliphatic rings. The third kappa shape index (κ3) is 2.67. The highest BCUT2D eigenvalue weighted by molar-refractivity contribution is 5.85. The largest absolute Gasteiger partial charge is 0.452 e. The molecule has 5 heteroatoms. The quantitative estimate of drug-likeness (QED) is 0.597. The Balaban J connectivity index is 1.67. The molecule has 2 N–H and O–H groups in total. The van der Waals surface area contributed by atoms with Crippen molar-refractivity contribution in [2.75, 3.05) is 6.54 Å². The zero-order valence-electron chi connectivity index (χ0n) is 13.1. The predicted octanol–water partition coefficient (Wildman–Crippen LogP) is 1.55. The lowest BCUT2D eigenvalue weighted by atomic mass is 9.48. The van der Waals surface area contributed by atoms with Crippen LogP contribution in [0.3, 0.4) is 0 Å². The molecule has 5 atom stereocenters. The van der Waals surface area contributed by atoms with Gasteiger partial charge in [0.2, 0.25) is 0 Å². The molecule has 0 saturated heterocycles. The highest BCUT2D eigenvalue weighted by Crippen LogP contribution is 2.62. The van der Waals surface area contributed by atoms with Crippen molar-refractivity contribution in [1.29, 1.82) is 0 Å². The molecule has 4 bridgehead atoms. The minimum atomic E-state index is -0.810. The lowest BCUT2D eigenvalue weighted by Crippen LogP contribution is -2.59. The fraction of sp³-hybridized carbons (Fsp3) is 0.765. The first-order valence-corrected chi connectivity index (χ1v) is 8.18. The number of carbonyl (C=O) groups excluding carboxylic acids is 2. The Labute approximate surface area is 131 Å². The number of esters is 1. The van der Waals surface area contributed by atoms with Crippen LogP contribution >= 0.6 is 0 Å². The maximum Gasteiger partial charge on any atom is 0.312 e. The van der Waals surface area contributed by atoms with Gasteiger partial charge in [-0.05, 0) is 57.3 Å². The first-order valence-electron chi connectivity index (χ1n) is 8.18. The van der Waals surface area contributed by atoms with E-state index in [4.69, 9.17) is 4.74 Å². The average molecular weight is 307 g/mol. The van der Waals surface area contributed by atoms with Crippen LogP contribution in [-0.2, 0) is 14.3 Å². The number of amides is 1. The normalized spacial score (nSPS) is 40.1. The summed E-state index contributed by atoms with van der Waals surface area (Å²) < 4.78 is 5.44. The van der Waals surface area contributed by atoms with E-state index in [0.29, 0.717) is 24.8 Å². The average Bonchev–Trinajstić information content (AvgIpc) is 2.41. The molecule has 4 aliphatic carbocycles. The third-order valence-electron chi connectivity index (χ3n) is 5.54. The second kappa shape index (κ2) is 5.37. The summed E-state index contributed by atoms with van der Waals surface area (Å²) in [5.41, 5.74) is -1.27. The SMILES string of the molecule is C=CCNC(=O)[C@@H](C)OC(=O)C12C[C@@H]3C[C@@H](CC(O)(C3)C1)C2. The Morgan fingerprint density at radius 3 is 2.55 bits per heavy atom. The van der Waals surface area contributed by atoms with Gasteiger partial charge in [-0.15, -0.1) is 6.58 Å². The van der Waals surface area contributed by atoms with Crippen molar-refractivity contribution in [3.63, 3.8) is 0 Å². The zero-order chi connectivity index (χ0) is 16.0. The standard InChI is InChI=1S/C17H25NO4/c1-3-4-18-14(19)11(2)22-15(20)16-6-12-5-13(7-16)9-17(21,8-12)10-16/h3,11-13,21H,1,4-10H2,2H3,(H,18,19)/t11-,12-,13+,16?,17?/m1/s1. The molecule has 4 fully saturated rings. The molecule has 0 spiro atoms. The van der Waals surface area contributed by atoms with Crippen molar-refractivity contribution in [3.05, 3.63) is 12.7 Å². The first kappa shape index (κ1) is 15.5. The topological polar surface area (TPSA) is 75.6 Å². The summed E-state index contributed by atoms with van der Waals surface area (Å²) in [6.45, 7) is 5.48. The Bertz CT molecular complexity index is 487. The third-order valence-corrected chi connectivity index (χ3v) is 5.54. The van der Waals surface area contributed by atoms with Crippen molar-refractivity contribution in [2.24, 2.45) is 17.3 Å². The molecule has 0 aromatic rings. The fourth-order valence-electron chi connectivity index (χ4n) is 5.11. The van der Waals surface area contributed by atoms with Gasteiger partial charge in [-0.3, -0.25) is 9.59 Å². The molecule has 2 unspecified atom stereocenters. The van der Waals surface area contributed by atoms with Gasteiger partial charge in [0.05, 0.1) is 11.0 Å². The van der Waals surface area contributed by atoms with Crippen LogP contribution in [-0.4, -0.2) is 35.2 Å². The molecule has 5 nitrogen and oxygen atoms in total. The molecular formula is C17H25NO4. The molecule has 1 amide bonds. The summed E-state index contributed by atoms with van der Waals surface area (Å²) in [6, 6.07) is 0. The summed E-state index contributed by atoms with van der Waals surface area (Å²) >= 11 is 0. The van der Waals surface area contributed by atoms with Gasteiger partial charge < -0.3 is 15.2 Å². The summed E-state index contributed by atoms with van der Waals surface area (Å²) in [6.07, 6.45) is 5.61. The van der Waals surface area contributed by atoms with Crippen molar-refractivity contribution < 1.29 is 19.4 Å². The molecule has 22 heavy (non-hydrogen) atoms. The second-order valence-corrected chi connectivity index (χ2v) is 7.55. The Kier molecular flexibility index (Phi) is 3.79. The predicted molar refractivity (Wildman–Crippen MR) is 80.8 cm³/mol. The highest BCUT2D eigenvalue weighted by Gasteiger charge is 2.61. The van der Waals surface area contributed by atoms with Gasteiger partial charge in [-0.1, -0.05) is 6.08 Å². The van der Waals surface area contributed by atoms with Gasteiger partial charge in [-0.25, -0.2) is 0 Å². The number of rotatable bonds is 5. The molecule has 122 valence electrons. The van der Waals surface area contributed by atoms with Crippen molar-refractivity contribution in [3.8, 4) is 0 Å². The van der Waals surface area contributed by atoms with E-state index >= 15 is 0 Å². The Morgan fingerprint density at radius 2 is 2.00 bits per heavy atom. The van der Waals surface area contributed by atoms with E-state index < -0.39 is 17.1 Å². The zero-order valence-corrected chi connectivity index (χ0v) is 13.1. The first-order chi connectivity index (χ1) is 10.4. The maximum atomic E-state index is 12.7. The van der Waals surface area contributed by atoms with Crippen molar-refractivity contribution in [1.82, 2.24) is 5.32 Å². The minimum Gasteiger partial charge on any atom is -0.452 e. The van der Waals surface area contributed by atoms with Gasteiger partial charge in [-0.2, -0.15) is 0 Å². The molecular weight excluding hydrogens is 282 g/mol. The molecule has 0 aromatic heterocycles. The van der Waals surface area contributed by atoms with E-state index in [1.807, 2.05) is 0 Å². The van der Waals surface area contributed by atoms with Gasteiger partial charge >= 0.3 is 5.97 Å². The van der Waals surface area contributed by atoms with Crippen molar-refractivity contribution >= 4 is 11.9 Å². The lowest BCUT2D eigenvalue weighted by molar-refractivity contribution is -0.199. The van der Waals surface area contributed by atoms with Gasteiger partial charge in [0.25, 0.3) is 5.91 Å². The van der Waals surface area contributed by atoms with Crippen LogP contribution in [0.2, 0.25) is 0 Å². The van der Waals surface area contributed by atoms with Gasteiger partial charge in [0.1, 0.15) is 0 Å². The van der Waals surface area contributed by atoms with E-state index in [-0.39, 0.29) is 11.9 Å². The van der Waals surface area contributed by atoms with E-state index in [9.17, 15) is 14.7 Å². The lowest BCUT2D eigenvalue weighted by Gasteiger charge is -2.58. The number of hydrogen-bond acceptors (Lipinski definition) is 4. The van der Waals surface area contributed by atoms with Crippen LogP contribution in [0.5, 0.6) is 0 Å². The Hall–Kier alpha value is -1.36. The van der Waals surface area contributed by atoms with Crippen LogP contribution in [0.25, 0.3) is 0 Å². The van der Waals surface area contributed by atoms with E-state index in [0.717, 1.165) is 32.1 Å². The van der Waals surface area contributed by atoms with Crippen LogP contribution < -0.4 is 5.32 Å². The number of hydrogen-bond donors (Lipinski definition) is 2. The maximum absolute atomic E-state index is 12.7. The molecule has 0 aliphatic heterocycles. The van der Waals surface area contributed by atoms with E-state index in [2.05, 4.69) is 11.9 Å². The number of aliphatic hydroxyl groups is 1. The van der Waals surface area contributed by atoms with E-state index in [1.54, 1.807) is 13.0 Å². The Morgan fingerprint density at radius 1 is 1.36 bits per heavy atom. The van der Waals surface area contributed by atoms with Crippen molar-refractivity contribution in [2.45, 2.75) is 57.2 Å². The summed E-state index contributed by atoms with van der Waals surface area (Å²) in [5.74, 6) is 0.227. The number of ether oxygens (including phenoxy) is 1. The van der Waals surface area contributed by atoms with Gasteiger partial charge in [0, 0.05) is 6.54 Å². The summed E-state index contributed by atoms with van der Waals surface area (Å²) in [5, 5.41) is 13.3. The molecule has 0 radical (unpaired) electrons. The minimum absolute atomic E-state index is 0.304. The van der Waals surface area contributed by atoms with Crippen LogP contribution in [0.1, 0.15) is 45.4 Å². The summed E-state index contributed by atoms with van der Waals surface area (Å²) in [4.78, 5) is 24.5. The van der Waals surface area contributed by atoms with Crippen LogP contribution in [0, 0.1) is 17.3 Å². The second-order valence-electron chi connectivity index (χ2n) is 7.55. The fourth-order valence-corrected chi connectivity index (χ4v) is 5.11. The van der Waals surface area contributed by atoms with Gasteiger partial charge in [0.15, 0.2) is 6.10 Å². The van der Waals surface area contributed by atoms with E-state index in [1.165, 1.54) is 0 Å².